The van der Waals surface area contributed by atoms with Gasteiger partial charge in [0.15, 0.2) is 5.96 Å². The van der Waals surface area contributed by atoms with Crippen LogP contribution in [0.2, 0.25) is 5.02 Å². The molecule has 2 N–H and O–H groups in total. The largest absolute Gasteiger partial charge is 0.369 e. The molecule has 20 heavy (non-hydrogen) atoms. The summed E-state index contributed by atoms with van der Waals surface area (Å²) >= 11 is 5.94. The van der Waals surface area contributed by atoms with Crippen molar-refractivity contribution in [2.75, 3.05) is 11.4 Å². The molecule has 1 aliphatic rings. The zero-order valence-corrected chi connectivity index (χ0v) is 12.2. The first kappa shape index (κ1) is 13.0. The second kappa shape index (κ2) is 4.83. The molecule has 0 saturated heterocycles. The number of rotatable bonds is 2. The Morgan fingerprint density at radius 2 is 2.00 bits per heavy atom. The summed E-state index contributed by atoms with van der Waals surface area (Å²) in [4.78, 5) is 6.40. The molecule has 0 amide bonds. The molecule has 3 rings (SSSR count). The van der Waals surface area contributed by atoms with Gasteiger partial charge < -0.3 is 10.6 Å². The Kier molecular flexibility index (Phi) is 3.14. The van der Waals surface area contributed by atoms with Crippen molar-refractivity contribution in [2.24, 2.45) is 17.8 Å². The number of guanidine groups is 1. The van der Waals surface area contributed by atoms with Gasteiger partial charge >= 0.3 is 0 Å². The van der Waals surface area contributed by atoms with E-state index in [0.29, 0.717) is 17.5 Å². The van der Waals surface area contributed by atoms with Crippen LogP contribution < -0.4 is 10.6 Å². The van der Waals surface area contributed by atoms with E-state index in [1.807, 2.05) is 47.1 Å². The van der Waals surface area contributed by atoms with E-state index in [1.165, 1.54) is 0 Å². The van der Waals surface area contributed by atoms with E-state index in [-0.39, 0.29) is 6.04 Å². The van der Waals surface area contributed by atoms with Crippen molar-refractivity contribution >= 4 is 23.2 Å². The number of benzene rings is 1. The van der Waals surface area contributed by atoms with Gasteiger partial charge in [-0.05, 0) is 31.2 Å². The van der Waals surface area contributed by atoms with Crippen molar-refractivity contribution in [1.29, 1.82) is 0 Å². The fraction of sp³-hybridized carbons (Fsp3) is 0.286. The molecule has 0 spiro atoms. The van der Waals surface area contributed by atoms with Crippen LogP contribution in [-0.4, -0.2) is 22.3 Å². The van der Waals surface area contributed by atoms with Gasteiger partial charge in [-0.2, -0.15) is 5.10 Å². The lowest BCUT2D eigenvalue weighted by atomic mass is 10.1. The Morgan fingerprint density at radius 3 is 2.60 bits per heavy atom. The van der Waals surface area contributed by atoms with E-state index in [1.54, 1.807) is 0 Å². The van der Waals surface area contributed by atoms with Crippen LogP contribution in [0.15, 0.2) is 35.5 Å². The average Bonchev–Trinajstić information content (AvgIpc) is 2.96. The fourth-order valence-electron chi connectivity index (χ4n) is 2.49. The number of anilines is 1. The van der Waals surface area contributed by atoms with E-state index >= 15 is 0 Å². The zero-order valence-electron chi connectivity index (χ0n) is 11.4. The molecule has 0 saturated carbocycles. The number of nitrogens with two attached hydrogens (primary N) is 1. The van der Waals surface area contributed by atoms with Gasteiger partial charge in [-0.15, -0.1) is 0 Å². The van der Waals surface area contributed by atoms with Crippen LogP contribution in [0.25, 0.3) is 0 Å². The maximum Gasteiger partial charge on any atom is 0.196 e. The van der Waals surface area contributed by atoms with E-state index in [9.17, 15) is 0 Å². The molecule has 1 aliphatic heterocycles. The minimum atomic E-state index is 0.0878. The molecule has 1 aromatic heterocycles. The highest BCUT2D eigenvalue weighted by Gasteiger charge is 2.31. The fourth-order valence-corrected chi connectivity index (χ4v) is 2.62. The number of aliphatic imine (C=N–C) groups is 1. The zero-order chi connectivity index (χ0) is 14.3. The predicted molar refractivity (Wildman–Crippen MR) is 81.1 cm³/mol. The van der Waals surface area contributed by atoms with E-state index in [0.717, 1.165) is 16.9 Å². The highest BCUT2D eigenvalue weighted by Crippen LogP contribution is 2.32. The van der Waals surface area contributed by atoms with Crippen molar-refractivity contribution < 1.29 is 0 Å². The molecule has 104 valence electrons. The topological polar surface area (TPSA) is 59.4 Å². The molecule has 2 heterocycles. The molecule has 0 bridgehead atoms. The van der Waals surface area contributed by atoms with Crippen LogP contribution in [0.5, 0.6) is 0 Å². The summed E-state index contributed by atoms with van der Waals surface area (Å²) in [5.74, 6) is 0.528. The van der Waals surface area contributed by atoms with Crippen LogP contribution in [0, 0.1) is 6.92 Å². The van der Waals surface area contributed by atoms with Gasteiger partial charge in [0.1, 0.15) is 0 Å². The molecule has 6 heteroatoms. The summed E-state index contributed by atoms with van der Waals surface area (Å²) < 4.78 is 1.86. The third-order valence-electron chi connectivity index (χ3n) is 3.72. The number of nitrogens with zero attached hydrogens (tertiary/aromatic N) is 4. The van der Waals surface area contributed by atoms with Crippen molar-refractivity contribution in [3.63, 3.8) is 0 Å². The minimum absolute atomic E-state index is 0.0878. The molecule has 0 aliphatic carbocycles. The van der Waals surface area contributed by atoms with E-state index in [2.05, 4.69) is 17.0 Å². The first-order valence-electron chi connectivity index (χ1n) is 6.41. The lowest BCUT2D eigenvalue weighted by Gasteiger charge is -2.26. The second-order valence-electron chi connectivity index (χ2n) is 4.87. The molecular formula is C14H16ClN5. The van der Waals surface area contributed by atoms with Crippen molar-refractivity contribution in [3.8, 4) is 0 Å². The van der Waals surface area contributed by atoms with Gasteiger partial charge in [-0.3, -0.25) is 9.67 Å². The van der Waals surface area contributed by atoms with Crippen molar-refractivity contribution in [2.45, 2.75) is 13.0 Å². The highest BCUT2D eigenvalue weighted by molar-refractivity contribution is 6.30. The summed E-state index contributed by atoms with van der Waals surface area (Å²) in [7, 11) is 1.94. The number of hydrogen-bond donors (Lipinski definition) is 1. The van der Waals surface area contributed by atoms with Gasteiger partial charge in [0.2, 0.25) is 0 Å². The third-order valence-corrected chi connectivity index (χ3v) is 3.97. The summed E-state index contributed by atoms with van der Waals surface area (Å²) in [5.41, 5.74) is 9.31. The Hall–Kier alpha value is -2.01. The van der Waals surface area contributed by atoms with E-state index in [4.69, 9.17) is 17.3 Å². The maximum atomic E-state index is 6.05. The minimum Gasteiger partial charge on any atom is -0.369 e. The number of aryl methyl sites for hydroxylation is 1. The highest BCUT2D eigenvalue weighted by atomic mass is 35.5. The quantitative estimate of drug-likeness (QED) is 0.922. The standard InChI is InChI=1S/C14H16ClN5/c1-9-12(7-18-19(9)2)13-8-17-14(16)20(13)11-5-3-10(15)4-6-11/h3-7,13H,8H2,1-2H3,(H2,16,17). The molecule has 5 nitrogen and oxygen atoms in total. The van der Waals surface area contributed by atoms with Crippen molar-refractivity contribution in [1.82, 2.24) is 9.78 Å². The Labute approximate surface area is 122 Å². The Balaban J connectivity index is 2.00. The lowest BCUT2D eigenvalue weighted by molar-refractivity contribution is 0.723. The van der Waals surface area contributed by atoms with Gasteiger partial charge in [-0.25, -0.2) is 0 Å². The first-order chi connectivity index (χ1) is 9.58. The van der Waals surface area contributed by atoms with Crippen LogP contribution in [0.3, 0.4) is 0 Å². The third kappa shape index (κ3) is 2.04. The summed E-state index contributed by atoms with van der Waals surface area (Å²) in [6.07, 6.45) is 1.89. The summed E-state index contributed by atoms with van der Waals surface area (Å²) in [6, 6.07) is 7.71. The Morgan fingerprint density at radius 1 is 1.30 bits per heavy atom. The smallest absolute Gasteiger partial charge is 0.196 e. The molecule has 1 atom stereocenters. The predicted octanol–water partition coefficient (Wildman–Crippen LogP) is 2.26. The van der Waals surface area contributed by atoms with Crippen LogP contribution >= 0.6 is 11.6 Å². The lowest BCUT2D eigenvalue weighted by Crippen LogP contribution is -2.36. The van der Waals surface area contributed by atoms with Crippen molar-refractivity contribution in [3.05, 3.63) is 46.7 Å². The SMILES string of the molecule is Cc1c(C2CN=C(N)N2c2ccc(Cl)cc2)cnn1C. The second-order valence-corrected chi connectivity index (χ2v) is 5.31. The summed E-state index contributed by atoms with van der Waals surface area (Å²) in [5, 5.41) is 5.01. The molecule has 1 aromatic carbocycles. The van der Waals surface area contributed by atoms with Gasteiger partial charge in [0.25, 0.3) is 0 Å². The Bertz CT molecular complexity index is 659. The monoisotopic (exact) mass is 289 g/mol. The normalized spacial score (nSPS) is 18.4. The number of halogens is 1. The first-order valence-corrected chi connectivity index (χ1v) is 6.79. The molecular weight excluding hydrogens is 274 g/mol. The molecule has 0 fully saturated rings. The van der Waals surface area contributed by atoms with Gasteiger partial charge in [0.05, 0.1) is 18.8 Å². The molecule has 0 radical (unpaired) electrons. The summed E-state index contributed by atoms with van der Waals surface area (Å²) in [6.45, 7) is 2.69. The van der Waals surface area contributed by atoms with Crippen LogP contribution in [0.4, 0.5) is 5.69 Å². The van der Waals surface area contributed by atoms with E-state index < -0.39 is 0 Å². The molecule has 1 unspecified atom stereocenters. The number of aromatic nitrogens is 2. The van der Waals surface area contributed by atoms with Gasteiger partial charge in [0, 0.05) is 29.0 Å². The van der Waals surface area contributed by atoms with Crippen LogP contribution in [-0.2, 0) is 7.05 Å². The van der Waals surface area contributed by atoms with Gasteiger partial charge in [-0.1, -0.05) is 11.6 Å². The molecule has 2 aromatic rings. The number of hydrogen-bond acceptors (Lipinski definition) is 4. The maximum absolute atomic E-state index is 6.05. The van der Waals surface area contributed by atoms with Crippen LogP contribution in [0.1, 0.15) is 17.3 Å². The average molecular weight is 290 g/mol.